The Morgan fingerprint density at radius 1 is 1.06 bits per heavy atom. The van der Waals surface area contributed by atoms with Crippen molar-refractivity contribution in [2.45, 2.75) is 26.2 Å². The first kappa shape index (κ1) is 26.0. The molecule has 2 amide bonds. The van der Waals surface area contributed by atoms with Crippen LogP contribution in [-0.2, 0) is 24.1 Å². The maximum absolute atomic E-state index is 11.8. The number of amides is 2. The summed E-state index contributed by atoms with van der Waals surface area (Å²) >= 11 is 1.48. The first-order valence-electron chi connectivity index (χ1n) is 10.1. The van der Waals surface area contributed by atoms with E-state index in [0.29, 0.717) is 17.1 Å². The van der Waals surface area contributed by atoms with Gasteiger partial charge in [0.1, 0.15) is 6.34 Å². The number of aliphatic imine (C=N–C) groups is 1. The van der Waals surface area contributed by atoms with Crippen molar-refractivity contribution in [3.63, 3.8) is 0 Å². The fraction of sp³-hybridized carbons (Fsp3) is 0.217. The Morgan fingerprint density at radius 3 is 2.33 bits per heavy atom. The number of hydrogen-bond donors (Lipinski definition) is 4. The van der Waals surface area contributed by atoms with Crippen molar-refractivity contribution in [3.05, 3.63) is 75.8 Å². The van der Waals surface area contributed by atoms with Crippen LogP contribution in [0.1, 0.15) is 39.0 Å². The smallest absolute Gasteiger partial charge is 0.251 e. The normalized spacial score (nSPS) is 10.5. The van der Waals surface area contributed by atoms with Crippen LogP contribution in [0, 0.1) is 0 Å². The van der Waals surface area contributed by atoms with Crippen LogP contribution in [0.25, 0.3) is 0 Å². The third-order valence-electron chi connectivity index (χ3n) is 4.74. The molecule has 0 saturated carbocycles. The second-order valence-electron chi connectivity index (χ2n) is 7.11. The Hall–Kier alpha value is -3.27. The summed E-state index contributed by atoms with van der Waals surface area (Å²) in [6.45, 7) is 1.47. The van der Waals surface area contributed by atoms with Crippen LogP contribution in [0.15, 0.2) is 53.5 Å². The van der Waals surface area contributed by atoms with Gasteiger partial charge in [0.2, 0.25) is 5.91 Å². The van der Waals surface area contributed by atoms with Gasteiger partial charge >= 0.3 is 0 Å². The van der Waals surface area contributed by atoms with Gasteiger partial charge in [0.25, 0.3) is 5.91 Å². The number of thiazole rings is 1. The predicted octanol–water partition coefficient (Wildman–Crippen LogP) is 3.38. The Morgan fingerprint density at radius 2 is 1.73 bits per heavy atom. The molecule has 8 nitrogen and oxygen atoms in total. The summed E-state index contributed by atoms with van der Waals surface area (Å²) in [4.78, 5) is 33.2. The number of hydrazine groups is 1. The molecule has 33 heavy (non-hydrogen) atoms. The van der Waals surface area contributed by atoms with Crippen molar-refractivity contribution in [3.8, 4) is 0 Å². The molecule has 3 aromatic rings. The highest BCUT2D eigenvalue weighted by atomic mass is 35.5. The van der Waals surface area contributed by atoms with E-state index in [4.69, 9.17) is 5.84 Å². The molecule has 0 fully saturated rings. The lowest BCUT2D eigenvalue weighted by atomic mass is 10.0. The quantitative estimate of drug-likeness (QED) is 0.160. The summed E-state index contributed by atoms with van der Waals surface area (Å²) in [6, 6.07) is 15.4. The zero-order valence-corrected chi connectivity index (χ0v) is 20.1. The average Bonchev–Trinajstić information content (AvgIpc) is 3.17. The number of anilines is 1. The fourth-order valence-electron chi connectivity index (χ4n) is 3.15. The lowest BCUT2D eigenvalue weighted by molar-refractivity contribution is -0.114. The summed E-state index contributed by atoms with van der Waals surface area (Å²) < 4.78 is 0. The number of carbonyl (C=O) groups is 2. The molecule has 2 aromatic carbocycles. The first-order valence-corrected chi connectivity index (χ1v) is 10.9. The van der Waals surface area contributed by atoms with E-state index in [2.05, 4.69) is 26.0 Å². The molecule has 0 aliphatic heterocycles. The van der Waals surface area contributed by atoms with Crippen LogP contribution < -0.4 is 21.9 Å². The molecule has 1 aromatic heterocycles. The minimum Gasteiger partial charge on any atom is -0.355 e. The van der Waals surface area contributed by atoms with Crippen LogP contribution in [0.2, 0.25) is 0 Å². The van der Waals surface area contributed by atoms with Crippen LogP contribution in [0.3, 0.4) is 0 Å². The van der Waals surface area contributed by atoms with E-state index in [1.807, 2.05) is 48.5 Å². The highest BCUT2D eigenvalue weighted by molar-refractivity contribution is 7.15. The molecule has 5 N–H and O–H groups in total. The highest BCUT2D eigenvalue weighted by Crippen LogP contribution is 2.27. The molecule has 0 saturated heterocycles. The van der Waals surface area contributed by atoms with Gasteiger partial charge in [-0.3, -0.25) is 9.59 Å². The Kier molecular flexibility index (Phi) is 9.99. The maximum atomic E-state index is 11.8. The molecule has 10 heteroatoms. The highest BCUT2D eigenvalue weighted by Gasteiger charge is 2.14. The third-order valence-corrected chi connectivity index (χ3v) is 5.76. The summed E-state index contributed by atoms with van der Waals surface area (Å²) in [5, 5.41) is 6.02. The number of halogens is 1. The molecule has 1 heterocycles. The monoisotopic (exact) mass is 486 g/mol. The third kappa shape index (κ3) is 7.67. The molecule has 0 aliphatic carbocycles. The zero-order valence-electron chi connectivity index (χ0n) is 18.4. The Labute approximate surface area is 203 Å². The van der Waals surface area contributed by atoms with Crippen molar-refractivity contribution >= 4 is 52.7 Å². The average molecular weight is 487 g/mol. The van der Waals surface area contributed by atoms with Gasteiger partial charge in [-0.05, 0) is 48.2 Å². The van der Waals surface area contributed by atoms with E-state index < -0.39 is 0 Å². The van der Waals surface area contributed by atoms with Crippen LogP contribution in [-0.4, -0.2) is 30.2 Å². The maximum Gasteiger partial charge on any atom is 0.251 e. The second kappa shape index (κ2) is 12.7. The summed E-state index contributed by atoms with van der Waals surface area (Å²) in [6.07, 6.45) is 3.67. The van der Waals surface area contributed by atoms with E-state index in [0.717, 1.165) is 34.7 Å². The van der Waals surface area contributed by atoms with E-state index in [1.165, 1.54) is 30.2 Å². The molecule has 0 atom stereocenters. The van der Waals surface area contributed by atoms with E-state index in [9.17, 15) is 9.59 Å². The fourth-order valence-corrected chi connectivity index (χ4v) is 4.24. The number of nitrogens with two attached hydrogens (primary N) is 1. The van der Waals surface area contributed by atoms with Gasteiger partial charge < -0.3 is 16.1 Å². The molecule has 0 bridgehead atoms. The lowest BCUT2D eigenvalue weighted by Gasteiger charge is -2.05. The standard InChI is InChI=1S/C23H26N6O2S.ClH/c1-15(30)28-23-29-20(12-7-16-5-10-19(11-6-16)26-14-27-24)21(32-23)13-17-3-8-18(9-4-17)22(31)25-2;/h3-6,8-11,14H,7,12-13,24H2,1-2H3,(H,25,31)(H,26,27)(H,28,29,30);1H. The number of aromatic nitrogens is 1. The minimum absolute atomic E-state index is 0. The van der Waals surface area contributed by atoms with Crippen molar-refractivity contribution in [1.29, 1.82) is 0 Å². The largest absolute Gasteiger partial charge is 0.355 e. The van der Waals surface area contributed by atoms with E-state index in [-0.39, 0.29) is 24.2 Å². The number of aryl methyl sites for hydroxylation is 2. The van der Waals surface area contributed by atoms with Crippen molar-refractivity contribution in [2.24, 2.45) is 10.8 Å². The zero-order chi connectivity index (χ0) is 22.9. The molecular weight excluding hydrogens is 460 g/mol. The van der Waals surface area contributed by atoms with Gasteiger partial charge in [-0.15, -0.1) is 23.7 Å². The SMILES string of the molecule is CNC(=O)c1ccc(Cc2sc(NC(C)=O)nc2CCc2ccc(N=CNN)cc2)cc1.Cl. The van der Waals surface area contributed by atoms with Gasteiger partial charge in [0, 0.05) is 30.8 Å². The lowest BCUT2D eigenvalue weighted by Crippen LogP contribution is -2.18. The van der Waals surface area contributed by atoms with Crippen LogP contribution in [0.4, 0.5) is 10.8 Å². The van der Waals surface area contributed by atoms with E-state index >= 15 is 0 Å². The molecule has 0 radical (unpaired) electrons. The summed E-state index contributed by atoms with van der Waals surface area (Å²) in [7, 11) is 1.61. The van der Waals surface area contributed by atoms with Crippen molar-refractivity contribution in [2.75, 3.05) is 12.4 Å². The predicted molar refractivity (Wildman–Crippen MR) is 136 cm³/mol. The number of nitrogens with zero attached hydrogens (tertiary/aromatic N) is 2. The first-order chi connectivity index (χ1) is 15.5. The number of rotatable bonds is 9. The molecule has 3 rings (SSSR count). The molecule has 174 valence electrons. The van der Waals surface area contributed by atoms with E-state index in [1.54, 1.807) is 7.05 Å². The number of carbonyl (C=O) groups excluding carboxylic acids is 2. The molecule has 0 unspecified atom stereocenters. The number of nitrogens with one attached hydrogen (secondary N) is 3. The van der Waals surface area contributed by atoms with Crippen LogP contribution in [0.5, 0.6) is 0 Å². The van der Waals surface area contributed by atoms with Gasteiger partial charge in [-0.2, -0.15) is 0 Å². The van der Waals surface area contributed by atoms with Crippen LogP contribution >= 0.6 is 23.7 Å². The topological polar surface area (TPSA) is 122 Å². The van der Waals surface area contributed by atoms with Gasteiger partial charge in [-0.1, -0.05) is 24.3 Å². The van der Waals surface area contributed by atoms with Gasteiger partial charge in [0.15, 0.2) is 5.13 Å². The summed E-state index contributed by atoms with van der Waals surface area (Å²) in [5.41, 5.74) is 7.02. The Bertz CT molecular complexity index is 1100. The number of hydrogen-bond acceptors (Lipinski definition) is 6. The second-order valence-corrected chi connectivity index (χ2v) is 8.20. The van der Waals surface area contributed by atoms with Crippen molar-refractivity contribution < 1.29 is 9.59 Å². The molecular formula is C23H27ClN6O2S. The summed E-state index contributed by atoms with van der Waals surface area (Å²) in [5.74, 6) is 4.94. The number of benzene rings is 2. The molecule has 0 spiro atoms. The Balaban J connectivity index is 0.00000385. The molecule has 0 aliphatic rings. The van der Waals surface area contributed by atoms with Gasteiger partial charge in [-0.25, -0.2) is 15.8 Å². The van der Waals surface area contributed by atoms with Gasteiger partial charge in [0.05, 0.1) is 11.4 Å². The van der Waals surface area contributed by atoms with Crippen molar-refractivity contribution in [1.82, 2.24) is 15.7 Å². The minimum atomic E-state index is -0.144.